The van der Waals surface area contributed by atoms with Gasteiger partial charge in [0.15, 0.2) is 0 Å². The van der Waals surface area contributed by atoms with Gasteiger partial charge in [0.05, 0.1) is 18.2 Å². The van der Waals surface area contributed by atoms with Crippen LogP contribution in [0.15, 0.2) is 48.5 Å². The molecule has 0 aliphatic rings. The van der Waals surface area contributed by atoms with E-state index in [-0.39, 0.29) is 5.91 Å². The summed E-state index contributed by atoms with van der Waals surface area (Å²) in [4.78, 5) is 11.9. The van der Waals surface area contributed by atoms with Crippen LogP contribution in [0, 0.1) is 11.3 Å². The van der Waals surface area contributed by atoms with Gasteiger partial charge in [-0.1, -0.05) is 12.1 Å². The number of rotatable bonds is 6. The van der Waals surface area contributed by atoms with Crippen LogP contribution in [0.1, 0.15) is 22.3 Å². The zero-order valence-electron chi connectivity index (χ0n) is 12.1. The van der Waals surface area contributed by atoms with Gasteiger partial charge >= 0.3 is 0 Å². The standard InChI is InChI=1S/C17H17N3O2/c18-12-13-4-1-5-14(10-13)17(21)20-8-3-9-22-16-7-2-6-15(19)11-16/h1-2,4-7,10-11H,3,8-9,19H2,(H,20,21). The minimum Gasteiger partial charge on any atom is -0.493 e. The predicted molar refractivity (Wildman–Crippen MR) is 84.5 cm³/mol. The highest BCUT2D eigenvalue weighted by Crippen LogP contribution is 2.14. The highest BCUT2D eigenvalue weighted by atomic mass is 16.5. The molecular weight excluding hydrogens is 278 g/mol. The second-order valence-corrected chi connectivity index (χ2v) is 4.72. The molecule has 0 atom stereocenters. The molecule has 0 aliphatic carbocycles. The smallest absolute Gasteiger partial charge is 0.251 e. The Balaban J connectivity index is 1.72. The van der Waals surface area contributed by atoms with E-state index in [2.05, 4.69) is 5.32 Å². The second kappa shape index (κ2) is 7.70. The molecule has 0 unspecified atom stereocenters. The first kappa shape index (κ1) is 15.4. The van der Waals surface area contributed by atoms with Crippen LogP contribution in [0.4, 0.5) is 5.69 Å². The molecule has 0 saturated heterocycles. The molecule has 22 heavy (non-hydrogen) atoms. The molecule has 2 aromatic rings. The lowest BCUT2D eigenvalue weighted by Gasteiger charge is -2.08. The van der Waals surface area contributed by atoms with Crippen LogP contribution >= 0.6 is 0 Å². The maximum absolute atomic E-state index is 11.9. The third-order valence-corrected chi connectivity index (χ3v) is 2.99. The molecule has 2 aromatic carbocycles. The Bertz CT molecular complexity index is 692. The zero-order valence-corrected chi connectivity index (χ0v) is 12.1. The quantitative estimate of drug-likeness (QED) is 0.632. The van der Waals surface area contributed by atoms with Gasteiger partial charge in [0.25, 0.3) is 5.91 Å². The van der Waals surface area contributed by atoms with Gasteiger partial charge in [-0.3, -0.25) is 4.79 Å². The number of nitrogens with one attached hydrogen (secondary N) is 1. The van der Waals surface area contributed by atoms with Gasteiger partial charge in [0, 0.05) is 23.9 Å². The van der Waals surface area contributed by atoms with E-state index in [0.717, 1.165) is 0 Å². The Morgan fingerprint density at radius 3 is 2.82 bits per heavy atom. The maximum Gasteiger partial charge on any atom is 0.251 e. The van der Waals surface area contributed by atoms with Crippen molar-refractivity contribution in [3.05, 3.63) is 59.7 Å². The molecule has 0 aliphatic heterocycles. The van der Waals surface area contributed by atoms with Gasteiger partial charge in [0.2, 0.25) is 0 Å². The van der Waals surface area contributed by atoms with E-state index in [1.165, 1.54) is 0 Å². The minimum absolute atomic E-state index is 0.193. The Hall–Kier alpha value is -3.00. The summed E-state index contributed by atoms with van der Waals surface area (Å²) in [6.07, 6.45) is 0.679. The predicted octanol–water partition coefficient (Wildman–Crippen LogP) is 2.34. The lowest BCUT2D eigenvalue weighted by Crippen LogP contribution is -2.25. The van der Waals surface area contributed by atoms with Crippen LogP contribution in [0.2, 0.25) is 0 Å². The van der Waals surface area contributed by atoms with Gasteiger partial charge < -0.3 is 15.8 Å². The summed E-state index contributed by atoms with van der Waals surface area (Å²) in [5.41, 5.74) is 7.26. The number of benzene rings is 2. The maximum atomic E-state index is 11.9. The van der Waals surface area contributed by atoms with Crippen LogP contribution < -0.4 is 15.8 Å². The summed E-state index contributed by atoms with van der Waals surface area (Å²) in [5.74, 6) is 0.522. The number of hydrogen-bond donors (Lipinski definition) is 2. The number of nitrogens with two attached hydrogens (primary N) is 1. The van der Waals surface area contributed by atoms with Crippen molar-refractivity contribution in [2.24, 2.45) is 0 Å². The van der Waals surface area contributed by atoms with Crippen LogP contribution in [0.25, 0.3) is 0 Å². The highest BCUT2D eigenvalue weighted by Gasteiger charge is 2.05. The van der Waals surface area contributed by atoms with E-state index in [4.69, 9.17) is 15.7 Å². The molecule has 5 nitrogen and oxygen atoms in total. The number of nitriles is 1. The first-order valence-corrected chi connectivity index (χ1v) is 6.96. The van der Waals surface area contributed by atoms with E-state index in [1.807, 2.05) is 18.2 Å². The van der Waals surface area contributed by atoms with Gasteiger partial charge in [-0.15, -0.1) is 0 Å². The summed E-state index contributed by atoms with van der Waals surface area (Å²) < 4.78 is 5.54. The van der Waals surface area contributed by atoms with E-state index in [9.17, 15) is 4.79 Å². The zero-order chi connectivity index (χ0) is 15.8. The number of hydrogen-bond acceptors (Lipinski definition) is 4. The van der Waals surface area contributed by atoms with Crippen LogP contribution in [0.3, 0.4) is 0 Å². The number of nitrogens with zero attached hydrogens (tertiary/aromatic N) is 1. The lowest BCUT2D eigenvalue weighted by atomic mass is 10.1. The molecule has 0 heterocycles. The van der Waals surface area contributed by atoms with Gasteiger partial charge in [-0.05, 0) is 36.8 Å². The molecule has 5 heteroatoms. The van der Waals surface area contributed by atoms with E-state index < -0.39 is 0 Å². The fourth-order valence-corrected chi connectivity index (χ4v) is 1.90. The second-order valence-electron chi connectivity index (χ2n) is 4.72. The Morgan fingerprint density at radius 2 is 2.05 bits per heavy atom. The molecular formula is C17H17N3O2. The monoisotopic (exact) mass is 295 g/mol. The largest absolute Gasteiger partial charge is 0.493 e. The molecule has 0 radical (unpaired) electrons. The van der Waals surface area contributed by atoms with Crippen LogP contribution in [0.5, 0.6) is 5.75 Å². The van der Waals surface area contributed by atoms with E-state index in [1.54, 1.807) is 36.4 Å². The van der Waals surface area contributed by atoms with Crippen molar-refractivity contribution >= 4 is 11.6 Å². The number of amides is 1. The normalized spacial score (nSPS) is 9.77. The van der Waals surface area contributed by atoms with Crippen molar-refractivity contribution in [1.82, 2.24) is 5.32 Å². The molecule has 0 fully saturated rings. The van der Waals surface area contributed by atoms with Crippen molar-refractivity contribution in [3.8, 4) is 11.8 Å². The van der Waals surface area contributed by atoms with Gasteiger partial charge in [-0.25, -0.2) is 0 Å². The fourth-order valence-electron chi connectivity index (χ4n) is 1.90. The molecule has 0 aromatic heterocycles. The molecule has 3 N–H and O–H groups in total. The average molecular weight is 295 g/mol. The number of nitrogen functional groups attached to an aromatic ring is 1. The number of anilines is 1. The highest BCUT2D eigenvalue weighted by molar-refractivity contribution is 5.94. The van der Waals surface area contributed by atoms with E-state index >= 15 is 0 Å². The first-order chi connectivity index (χ1) is 10.7. The first-order valence-electron chi connectivity index (χ1n) is 6.96. The van der Waals surface area contributed by atoms with Crippen LogP contribution in [-0.2, 0) is 0 Å². The molecule has 1 amide bonds. The Labute approximate surface area is 129 Å². The van der Waals surface area contributed by atoms with Crippen molar-refractivity contribution in [2.75, 3.05) is 18.9 Å². The van der Waals surface area contributed by atoms with Gasteiger partial charge in [0.1, 0.15) is 5.75 Å². The molecule has 0 saturated carbocycles. The van der Waals surface area contributed by atoms with E-state index in [0.29, 0.717) is 42.1 Å². The minimum atomic E-state index is -0.193. The molecule has 112 valence electrons. The molecule has 0 bridgehead atoms. The van der Waals surface area contributed by atoms with Crippen molar-refractivity contribution < 1.29 is 9.53 Å². The molecule has 2 rings (SSSR count). The topological polar surface area (TPSA) is 88.1 Å². The summed E-state index contributed by atoms with van der Waals surface area (Å²) in [7, 11) is 0. The summed E-state index contributed by atoms with van der Waals surface area (Å²) in [6, 6.07) is 15.8. The van der Waals surface area contributed by atoms with Crippen molar-refractivity contribution in [1.29, 1.82) is 5.26 Å². The third kappa shape index (κ3) is 4.53. The van der Waals surface area contributed by atoms with Crippen LogP contribution in [-0.4, -0.2) is 19.1 Å². The summed E-state index contributed by atoms with van der Waals surface area (Å²) in [6.45, 7) is 0.986. The SMILES string of the molecule is N#Cc1cccc(C(=O)NCCCOc2cccc(N)c2)c1. The summed E-state index contributed by atoms with van der Waals surface area (Å²) in [5, 5.41) is 11.6. The fraction of sp³-hybridized carbons (Fsp3) is 0.176. The number of carbonyl (C=O) groups is 1. The van der Waals surface area contributed by atoms with Crippen molar-refractivity contribution in [2.45, 2.75) is 6.42 Å². The third-order valence-electron chi connectivity index (χ3n) is 2.99. The Kier molecular flexibility index (Phi) is 5.38. The van der Waals surface area contributed by atoms with Crippen molar-refractivity contribution in [3.63, 3.8) is 0 Å². The number of ether oxygens (including phenoxy) is 1. The lowest BCUT2D eigenvalue weighted by molar-refractivity contribution is 0.0951. The molecule has 0 spiro atoms. The average Bonchev–Trinajstić information content (AvgIpc) is 2.54. The summed E-state index contributed by atoms with van der Waals surface area (Å²) >= 11 is 0. The Morgan fingerprint density at radius 1 is 1.23 bits per heavy atom. The van der Waals surface area contributed by atoms with Gasteiger partial charge in [-0.2, -0.15) is 5.26 Å². The number of carbonyl (C=O) groups excluding carboxylic acids is 1.